The maximum Gasteiger partial charge on any atom is 0.338 e. The van der Waals surface area contributed by atoms with Gasteiger partial charge in [0.15, 0.2) is 0 Å². The number of hydrogen-bond acceptors (Lipinski definition) is 11. The van der Waals surface area contributed by atoms with Gasteiger partial charge in [-0.15, -0.1) is 0 Å². The zero-order chi connectivity index (χ0) is 24.3. The number of furan rings is 1. The first-order chi connectivity index (χ1) is 15.7. The highest BCUT2D eigenvalue weighted by atomic mass is 16.6. The van der Waals surface area contributed by atoms with Crippen molar-refractivity contribution in [2.45, 2.75) is 12.7 Å². The Morgan fingerprint density at radius 3 is 2.15 bits per heavy atom. The average Bonchev–Trinajstić information content (AvgIpc) is 3.43. The molecule has 13 heteroatoms. The molecule has 0 amide bonds. The number of nitro benzene ring substituents is 2. The molecule has 1 aliphatic heterocycles. The number of carbonyl (C=O) groups is 2. The van der Waals surface area contributed by atoms with Crippen molar-refractivity contribution in [2.24, 2.45) is 0 Å². The summed E-state index contributed by atoms with van der Waals surface area (Å²) >= 11 is 0. The van der Waals surface area contributed by atoms with Crippen LogP contribution in [0.25, 0.3) is 11.0 Å². The number of carbonyl (C=O) groups excluding carboxylic acids is 2. The van der Waals surface area contributed by atoms with E-state index < -0.39 is 28.1 Å². The van der Waals surface area contributed by atoms with Crippen LogP contribution in [0.5, 0.6) is 5.75 Å². The van der Waals surface area contributed by atoms with Gasteiger partial charge in [-0.1, -0.05) is 0 Å². The van der Waals surface area contributed by atoms with Gasteiger partial charge >= 0.3 is 23.3 Å². The first-order valence-corrected chi connectivity index (χ1v) is 9.15. The van der Waals surface area contributed by atoms with Crippen LogP contribution >= 0.6 is 0 Å². The van der Waals surface area contributed by atoms with Gasteiger partial charge in [-0.05, 0) is 18.2 Å². The lowest BCUT2D eigenvalue weighted by Crippen LogP contribution is -2.11. The van der Waals surface area contributed by atoms with Crippen LogP contribution in [0.15, 0.2) is 41.0 Å². The molecule has 0 bridgehead atoms. The summed E-state index contributed by atoms with van der Waals surface area (Å²) in [4.78, 5) is 43.1. The van der Waals surface area contributed by atoms with E-state index in [9.17, 15) is 34.9 Å². The van der Waals surface area contributed by atoms with Crippen LogP contribution in [-0.4, -0.2) is 47.4 Å². The number of hydrogen-bond donors (Lipinski definition) is 1. The molecule has 0 spiro atoms. The summed E-state index contributed by atoms with van der Waals surface area (Å²) in [5.74, 6) is -1.24. The van der Waals surface area contributed by atoms with E-state index in [1.54, 1.807) is 0 Å². The van der Waals surface area contributed by atoms with Crippen molar-refractivity contribution in [2.75, 3.05) is 14.2 Å². The number of non-ortho nitro benzene ring substituents is 1. The highest BCUT2D eigenvalue weighted by molar-refractivity contribution is 6.05. The second-order valence-corrected chi connectivity index (χ2v) is 6.51. The van der Waals surface area contributed by atoms with E-state index in [0.717, 1.165) is 6.07 Å². The molecule has 0 saturated carbocycles. The minimum Gasteiger partial charge on any atom is -0.465 e. The lowest BCUT2D eigenvalue weighted by atomic mass is 10.0. The molecule has 4 rings (SSSR count). The molecule has 1 aromatic heterocycles. The summed E-state index contributed by atoms with van der Waals surface area (Å²) in [5, 5.41) is 31.2. The number of esters is 2. The fourth-order valence-electron chi connectivity index (χ4n) is 3.23. The van der Waals surface area contributed by atoms with Gasteiger partial charge in [0.05, 0.1) is 41.5 Å². The molecule has 172 valence electrons. The molecule has 1 atom stereocenters. The summed E-state index contributed by atoms with van der Waals surface area (Å²) in [6, 6.07) is 6.52. The third kappa shape index (κ3) is 4.43. The van der Waals surface area contributed by atoms with Gasteiger partial charge in [-0.3, -0.25) is 20.2 Å². The Morgan fingerprint density at radius 1 is 0.970 bits per heavy atom. The Morgan fingerprint density at radius 2 is 1.55 bits per heavy atom. The number of rotatable bonds is 4. The number of fused-ring (bicyclic) bond motifs is 2. The Labute approximate surface area is 184 Å². The second-order valence-electron chi connectivity index (χ2n) is 6.51. The average molecular weight is 460 g/mol. The highest BCUT2D eigenvalue weighted by Gasteiger charge is 2.33. The summed E-state index contributed by atoms with van der Waals surface area (Å²) in [7, 11) is 2.46. The monoisotopic (exact) mass is 460 g/mol. The summed E-state index contributed by atoms with van der Waals surface area (Å²) < 4.78 is 19.1. The second kappa shape index (κ2) is 9.32. The highest BCUT2D eigenvalue weighted by Crippen LogP contribution is 2.39. The molecular weight excluding hydrogens is 444 g/mol. The van der Waals surface area contributed by atoms with E-state index in [0.29, 0.717) is 10.9 Å². The van der Waals surface area contributed by atoms with E-state index >= 15 is 0 Å². The normalized spacial score (nSPS) is 13.8. The molecular formula is C20H16N2O11. The van der Waals surface area contributed by atoms with Gasteiger partial charge in [0.25, 0.3) is 0 Å². The third-order valence-electron chi connectivity index (χ3n) is 4.67. The number of nitro groups is 2. The largest absolute Gasteiger partial charge is 0.465 e. The van der Waals surface area contributed by atoms with Crippen LogP contribution in [0.2, 0.25) is 0 Å². The van der Waals surface area contributed by atoms with Crippen molar-refractivity contribution in [1.82, 2.24) is 0 Å². The number of benzene rings is 2. The summed E-state index contributed by atoms with van der Waals surface area (Å²) in [6.07, 6.45) is 0.153. The standard InChI is InChI=1S/C10H9NO6.C10H7NO5/c1-16-10(13)5-2-3-7(11(14)15)9-6(5)4-8(12)17-9;1-15-10(12)7-2-3-8(11(13)14)9-6(7)4-5-16-9/h2-3,8,12H,4H2,1H3;2-5H,1H3. The molecule has 0 radical (unpaired) electrons. The zero-order valence-corrected chi connectivity index (χ0v) is 17.2. The Bertz CT molecular complexity index is 1260. The first kappa shape index (κ1) is 23.1. The molecule has 0 aliphatic carbocycles. The predicted molar refractivity (Wildman–Crippen MR) is 109 cm³/mol. The van der Waals surface area contributed by atoms with Crippen LogP contribution in [0.1, 0.15) is 26.3 Å². The van der Waals surface area contributed by atoms with Gasteiger partial charge in [0.1, 0.15) is 0 Å². The summed E-state index contributed by atoms with van der Waals surface area (Å²) in [6.45, 7) is 0. The van der Waals surface area contributed by atoms with Crippen LogP contribution in [0.4, 0.5) is 11.4 Å². The van der Waals surface area contributed by atoms with E-state index in [1.165, 1.54) is 44.7 Å². The number of nitrogens with zero attached hydrogens (tertiary/aromatic N) is 2. The molecule has 2 aromatic carbocycles. The molecule has 2 heterocycles. The molecule has 0 fully saturated rings. The van der Waals surface area contributed by atoms with Gasteiger partial charge in [0.2, 0.25) is 17.6 Å². The van der Waals surface area contributed by atoms with Gasteiger partial charge in [-0.2, -0.15) is 0 Å². The molecule has 1 N–H and O–H groups in total. The lowest BCUT2D eigenvalue weighted by molar-refractivity contribution is -0.386. The zero-order valence-electron chi connectivity index (χ0n) is 17.2. The maximum absolute atomic E-state index is 11.4. The Kier molecular flexibility index (Phi) is 6.53. The van der Waals surface area contributed by atoms with Gasteiger partial charge < -0.3 is 23.7 Å². The van der Waals surface area contributed by atoms with Crippen LogP contribution in [0.3, 0.4) is 0 Å². The van der Waals surface area contributed by atoms with Gasteiger partial charge in [-0.25, -0.2) is 9.59 Å². The van der Waals surface area contributed by atoms with E-state index in [-0.39, 0.29) is 40.3 Å². The third-order valence-corrected chi connectivity index (χ3v) is 4.67. The molecule has 3 aromatic rings. The molecule has 13 nitrogen and oxygen atoms in total. The quantitative estimate of drug-likeness (QED) is 0.343. The minimum absolute atomic E-state index is 0.0292. The summed E-state index contributed by atoms with van der Waals surface area (Å²) in [5.41, 5.74) is 0.352. The van der Waals surface area contributed by atoms with E-state index in [4.69, 9.17) is 9.15 Å². The van der Waals surface area contributed by atoms with E-state index in [2.05, 4.69) is 9.47 Å². The number of ether oxygens (including phenoxy) is 3. The van der Waals surface area contributed by atoms with Crippen LogP contribution in [-0.2, 0) is 15.9 Å². The predicted octanol–water partition coefficient (Wildman–Crippen LogP) is 2.76. The minimum atomic E-state index is -1.17. The fourth-order valence-corrected chi connectivity index (χ4v) is 3.23. The first-order valence-electron chi connectivity index (χ1n) is 9.15. The SMILES string of the molecule is COC(=O)c1ccc([N+](=O)[O-])c2c1CC(O)O2.COC(=O)c1ccc([N+](=O)[O-])c2occc12. The Balaban J connectivity index is 0.000000186. The Hall–Kier alpha value is -4.52. The van der Waals surface area contributed by atoms with Crippen molar-refractivity contribution in [3.63, 3.8) is 0 Å². The van der Waals surface area contributed by atoms with Crippen LogP contribution in [0, 0.1) is 20.2 Å². The molecule has 1 unspecified atom stereocenters. The van der Waals surface area contributed by atoms with Crippen molar-refractivity contribution in [3.8, 4) is 5.75 Å². The maximum atomic E-state index is 11.4. The van der Waals surface area contributed by atoms with Crippen LogP contribution < -0.4 is 4.74 Å². The molecule has 33 heavy (non-hydrogen) atoms. The number of aliphatic hydroxyl groups is 1. The van der Waals surface area contributed by atoms with E-state index in [1.807, 2.05) is 0 Å². The fraction of sp³-hybridized carbons (Fsp3) is 0.200. The number of methoxy groups -OCH3 is 2. The molecule has 1 aliphatic rings. The van der Waals surface area contributed by atoms with Crippen molar-refractivity contribution in [1.29, 1.82) is 0 Å². The van der Waals surface area contributed by atoms with Crippen molar-refractivity contribution >= 4 is 34.3 Å². The smallest absolute Gasteiger partial charge is 0.338 e. The number of aliphatic hydroxyl groups excluding tert-OH is 1. The van der Waals surface area contributed by atoms with Gasteiger partial charge in [0, 0.05) is 29.5 Å². The van der Waals surface area contributed by atoms with Crippen molar-refractivity contribution < 1.29 is 43.2 Å². The van der Waals surface area contributed by atoms with Crippen molar-refractivity contribution in [3.05, 3.63) is 73.5 Å². The lowest BCUT2D eigenvalue weighted by Gasteiger charge is -2.05. The topological polar surface area (TPSA) is 181 Å². The molecule has 0 saturated heterocycles.